The van der Waals surface area contributed by atoms with Crippen LogP contribution in [0.1, 0.15) is 61.1 Å². The van der Waals surface area contributed by atoms with Crippen LogP contribution in [0.15, 0.2) is 6.20 Å². The first kappa shape index (κ1) is 14.6. The van der Waals surface area contributed by atoms with Crippen LogP contribution >= 0.6 is 0 Å². The molecule has 0 aromatic carbocycles. The fourth-order valence-corrected chi connectivity index (χ4v) is 2.58. The van der Waals surface area contributed by atoms with Crippen LogP contribution in [0.5, 0.6) is 0 Å². The lowest BCUT2D eigenvalue weighted by Crippen LogP contribution is -2.40. The van der Waals surface area contributed by atoms with Crippen molar-refractivity contribution in [2.45, 2.75) is 58.0 Å². The molecule has 0 radical (unpaired) electrons. The number of aromatic carboxylic acids is 1. The Labute approximate surface area is 118 Å². The molecule has 1 aromatic heterocycles. The summed E-state index contributed by atoms with van der Waals surface area (Å²) in [6.45, 7) is 3.36. The van der Waals surface area contributed by atoms with Gasteiger partial charge in [0.2, 0.25) is 5.91 Å². The Balaban J connectivity index is 2.02. The highest BCUT2D eigenvalue weighted by Crippen LogP contribution is 2.18. The number of carbonyl (C=O) groups is 2. The number of aromatic nitrogens is 2. The molecule has 1 aliphatic carbocycles. The van der Waals surface area contributed by atoms with Gasteiger partial charge >= 0.3 is 5.97 Å². The lowest BCUT2D eigenvalue weighted by Gasteiger charge is -2.24. The molecule has 0 saturated heterocycles. The molecular weight excluding hydrogens is 258 g/mol. The predicted molar refractivity (Wildman–Crippen MR) is 73.7 cm³/mol. The van der Waals surface area contributed by atoms with Crippen molar-refractivity contribution in [2.24, 2.45) is 0 Å². The molecule has 2 rings (SSSR count). The zero-order valence-electron chi connectivity index (χ0n) is 11.9. The third-order valence-corrected chi connectivity index (χ3v) is 3.87. The normalized spacial score (nSPS) is 17.7. The largest absolute Gasteiger partial charge is 0.478 e. The van der Waals surface area contributed by atoms with Crippen molar-refractivity contribution in [3.8, 4) is 0 Å². The molecule has 1 heterocycles. The van der Waals surface area contributed by atoms with Gasteiger partial charge in [0.15, 0.2) is 0 Å². The maximum Gasteiger partial charge on any atom is 0.339 e. The molecule has 20 heavy (non-hydrogen) atoms. The topological polar surface area (TPSA) is 84.2 Å². The Morgan fingerprint density at radius 2 is 2.05 bits per heavy atom. The smallest absolute Gasteiger partial charge is 0.339 e. The van der Waals surface area contributed by atoms with Crippen molar-refractivity contribution in [3.05, 3.63) is 17.5 Å². The molecule has 110 valence electrons. The summed E-state index contributed by atoms with van der Waals surface area (Å²) >= 11 is 0. The summed E-state index contributed by atoms with van der Waals surface area (Å²) in [5.41, 5.74) is 0.567. The van der Waals surface area contributed by atoms with Crippen LogP contribution in [0, 0.1) is 6.92 Å². The summed E-state index contributed by atoms with van der Waals surface area (Å²) in [7, 11) is 0. The van der Waals surface area contributed by atoms with Crippen LogP contribution in [0.3, 0.4) is 0 Å². The summed E-state index contributed by atoms with van der Waals surface area (Å²) in [5, 5.41) is 16.2. The van der Waals surface area contributed by atoms with E-state index < -0.39 is 12.0 Å². The zero-order valence-corrected chi connectivity index (χ0v) is 11.9. The summed E-state index contributed by atoms with van der Waals surface area (Å²) < 4.78 is 1.43. The van der Waals surface area contributed by atoms with Gasteiger partial charge in [0, 0.05) is 12.2 Å². The number of carbonyl (C=O) groups excluding carboxylic acids is 1. The van der Waals surface area contributed by atoms with E-state index in [0.29, 0.717) is 5.69 Å². The van der Waals surface area contributed by atoms with Crippen LogP contribution in [0.2, 0.25) is 0 Å². The first-order valence-corrected chi connectivity index (χ1v) is 7.08. The minimum atomic E-state index is -1.02. The lowest BCUT2D eigenvalue weighted by atomic mass is 9.95. The van der Waals surface area contributed by atoms with E-state index in [1.165, 1.54) is 17.3 Å². The third-order valence-electron chi connectivity index (χ3n) is 3.87. The predicted octanol–water partition coefficient (Wildman–Crippen LogP) is 1.90. The number of hydrogen-bond donors (Lipinski definition) is 2. The van der Waals surface area contributed by atoms with Gasteiger partial charge in [0.25, 0.3) is 0 Å². The Bertz CT molecular complexity index is 504. The van der Waals surface area contributed by atoms with Crippen LogP contribution in [0.25, 0.3) is 0 Å². The van der Waals surface area contributed by atoms with Gasteiger partial charge in [-0.15, -0.1) is 0 Å². The molecule has 1 unspecified atom stereocenters. The van der Waals surface area contributed by atoms with E-state index in [9.17, 15) is 9.59 Å². The average Bonchev–Trinajstić information content (AvgIpc) is 2.81. The van der Waals surface area contributed by atoms with E-state index in [2.05, 4.69) is 10.4 Å². The number of hydrogen-bond acceptors (Lipinski definition) is 3. The minimum Gasteiger partial charge on any atom is -0.478 e. The van der Waals surface area contributed by atoms with Gasteiger partial charge in [-0.25, -0.2) is 4.79 Å². The van der Waals surface area contributed by atoms with Crippen LogP contribution in [-0.4, -0.2) is 32.8 Å². The second-order valence-electron chi connectivity index (χ2n) is 5.43. The number of carboxylic acids is 1. The molecule has 6 nitrogen and oxygen atoms in total. The Hall–Kier alpha value is -1.85. The standard InChI is InChI=1S/C14H21N3O3/c1-9-12(14(19)20)8-17(16-9)10(2)13(18)15-11-6-4-3-5-7-11/h8,10-11H,3-7H2,1-2H3,(H,15,18)(H,19,20). The highest BCUT2D eigenvalue weighted by Gasteiger charge is 2.23. The molecule has 1 aromatic rings. The van der Waals surface area contributed by atoms with Crippen LogP contribution in [-0.2, 0) is 4.79 Å². The van der Waals surface area contributed by atoms with E-state index in [4.69, 9.17) is 5.11 Å². The maximum atomic E-state index is 12.2. The van der Waals surface area contributed by atoms with E-state index in [-0.39, 0.29) is 17.5 Å². The van der Waals surface area contributed by atoms with E-state index in [0.717, 1.165) is 25.7 Å². The molecule has 1 amide bonds. The Morgan fingerprint density at radius 1 is 1.40 bits per heavy atom. The number of nitrogens with one attached hydrogen (secondary N) is 1. The van der Waals surface area contributed by atoms with Crippen LogP contribution in [0.4, 0.5) is 0 Å². The summed E-state index contributed by atoms with van der Waals surface area (Å²) in [6.07, 6.45) is 7.02. The van der Waals surface area contributed by atoms with Gasteiger partial charge in [-0.3, -0.25) is 9.48 Å². The summed E-state index contributed by atoms with van der Waals surface area (Å²) in [4.78, 5) is 23.2. The van der Waals surface area contributed by atoms with Crippen LogP contribution < -0.4 is 5.32 Å². The van der Waals surface area contributed by atoms with Gasteiger partial charge < -0.3 is 10.4 Å². The first-order valence-electron chi connectivity index (χ1n) is 7.08. The Morgan fingerprint density at radius 3 is 2.60 bits per heavy atom. The van der Waals surface area contributed by atoms with Gasteiger partial charge in [-0.05, 0) is 26.7 Å². The fourth-order valence-electron chi connectivity index (χ4n) is 2.58. The highest BCUT2D eigenvalue weighted by atomic mass is 16.4. The molecule has 1 atom stereocenters. The van der Waals surface area contributed by atoms with E-state index in [1.54, 1.807) is 13.8 Å². The van der Waals surface area contributed by atoms with Crippen molar-refractivity contribution >= 4 is 11.9 Å². The average molecular weight is 279 g/mol. The molecule has 0 aliphatic heterocycles. The van der Waals surface area contributed by atoms with Gasteiger partial charge in [-0.2, -0.15) is 5.10 Å². The fraction of sp³-hybridized carbons (Fsp3) is 0.643. The number of carboxylic acid groups (broad SMARTS) is 1. The van der Waals surface area contributed by atoms with Crippen molar-refractivity contribution in [1.82, 2.24) is 15.1 Å². The summed E-state index contributed by atoms with van der Waals surface area (Å²) in [6, 6.07) is -0.252. The quantitative estimate of drug-likeness (QED) is 0.881. The van der Waals surface area contributed by atoms with Gasteiger partial charge in [0.1, 0.15) is 11.6 Å². The molecule has 1 fully saturated rings. The van der Waals surface area contributed by atoms with E-state index >= 15 is 0 Å². The lowest BCUT2D eigenvalue weighted by molar-refractivity contribution is -0.125. The first-order chi connectivity index (χ1) is 9.49. The monoisotopic (exact) mass is 279 g/mol. The van der Waals surface area contributed by atoms with Gasteiger partial charge in [-0.1, -0.05) is 19.3 Å². The summed E-state index contributed by atoms with van der Waals surface area (Å²) in [5.74, 6) is -1.12. The molecule has 0 spiro atoms. The highest BCUT2D eigenvalue weighted by molar-refractivity contribution is 5.88. The zero-order chi connectivity index (χ0) is 14.7. The molecular formula is C14H21N3O3. The SMILES string of the molecule is Cc1nn(C(C)C(=O)NC2CCCCC2)cc1C(=O)O. The second kappa shape index (κ2) is 6.07. The Kier molecular flexibility index (Phi) is 4.42. The number of amides is 1. The van der Waals surface area contributed by atoms with Crippen molar-refractivity contribution in [2.75, 3.05) is 0 Å². The van der Waals surface area contributed by atoms with E-state index in [1.807, 2.05) is 0 Å². The van der Waals surface area contributed by atoms with Crippen molar-refractivity contribution in [3.63, 3.8) is 0 Å². The molecule has 1 saturated carbocycles. The number of rotatable bonds is 4. The molecule has 1 aliphatic rings. The second-order valence-corrected chi connectivity index (χ2v) is 5.43. The van der Waals surface area contributed by atoms with Crippen molar-refractivity contribution in [1.29, 1.82) is 0 Å². The molecule has 0 bridgehead atoms. The van der Waals surface area contributed by atoms with Gasteiger partial charge in [0.05, 0.1) is 5.69 Å². The number of nitrogens with zero attached hydrogens (tertiary/aromatic N) is 2. The number of aryl methyl sites for hydroxylation is 1. The molecule has 6 heteroatoms. The minimum absolute atomic E-state index is 0.101. The molecule has 2 N–H and O–H groups in total. The maximum absolute atomic E-state index is 12.2. The van der Waals surface area contributed by atoms with Crippen molar-refractivity contribution < 1.29 is 14.7 Å². The third kappa shape index (κ3) is 3.18.